The SMILES string of the molecule is COc1ccc(C(=O)N2CCN(Cc3nnnn3-c3ccc(C)cc3)CC2)cc1. The van der Waals surface area contributed by atoms with E-state index in [4.69, 9.17) is 4.74 Å². The second kappa shape index (κ2) is 8.40. The average Bonchev–Trinajstić information content (AvgIpc) is 3.22. The van der Waals surface area contributed by atoms with Crippen LogP contribution in [0.15, 0.2) is 48.5 Å². The number of carbonyl (C=O) groups excluding carboxylic acids is 1. The summed E-state index contributed by atoms with van der Waals surface area (Å²) in [7, 11) is 1.62. The third-order valence-electron chi connectivity index (χ3n) is 5.17. The first-order valence-corrected chi connectivity index (χ1v) is 9.64. The standard InChI is InChI=1S/C21H24N6O2/c1-16-3-7-18(8-4-16)27-20(22-23-24-27)15-25-11-13-26(14-12-25)21(28)17-5-9-19(29-2)10-6-17/h3-10H,11-15H2,1-2H3. The zero-order valence-corrected chi connectivity index (χ0v) is 16.7. The Morgan fingerprint density at radius 3 is 2.34 bits per heavy atom. The molecule has 1 aromatic heterocycles. The Labute approximate surface area is 169 Å². The predicted molar refractivity (Wildman–Crippen MR) is 108 cm³/mol. The molecule has 0 saturated carbocycles. The number of amides is 1. The number of rotatable bonds is 5. The smallest absolute Gasteiger partial charge is 0.253 e. The molecule has 29 heavy (non-hydrogen) atoms. The highest BCUT2D eigenvalue weighted by Crippen LogP contribution is 2.16. The van der Waals surface area contributed by atoms with Crippen LogP contribution in [0.3, 0.4) is 0 Å². The van der Waals surface area contributed by atoms with Crippen molar-refractivity contribution in [2.45, 2.75) is 13.5 Å². The van der Waals surface area contributed by atoms with E-state index < -0.39 is 0 Å². The van der Waals surface area contributed by atoms with Gasteiger partial charge in [-0.15, -0.1) is 5.10 Å². The minimum Gasteiger partial charge on any atom is -0.497 e. The van der Waals surface area contributed by atoms with Crippen molar-refractivity contribution < 1.29 is 9.53 Å². The molecule has 2 aromatic carbocycles. The summed E-state index contributed by atoms with van der Waals surface area (Å²) in [6.45, 7) is 5.61. The van der Waals surface area contributed by atoms with E-state index in [0.717, 1.165) is 30.4 Å². The van der Waals surface area contributed by atoms with E-state index in [2.05, 4.69) is 27.3 Å². The van der Waals surface area contributed by atoms with Gasteiger partial charge in [-0.05, 0) is 53.7 Å². The minimum absolute atomic E-state index is 0.0526. The molecule has 8 heteroatoms. The van der Waals surface area contributed by atoms with Crippen molar-refractivity contribution in [3.63, 3.8) is 0 Å². The van der Waals surface area contributed by atoms with Crippen LogP contribution in [0.4, 0.5) is 0 Å². The first-order chi connectivity index (χ1) is 14.1. The third-order valence-corrected chi connectivity index (χ3v) is 5.17. The van der Waals surface area contributed by atoms with Gasteiger partial charge in [0, 0.05) is 31.7 Å². The topological polar surface area (TPSA) is 76.4 Å². The normalized spacial score (nSPS) is 14.8. The van der Waals surface area contributed by atoms with Crippen LogP contribution in [0.2, 0.25) is 0 Å². The molecule has 8 nitrogen and oxygen atoms in total. The molecule has 1 aliphatic rings. The van der Waals surface area contributed by atoms with Crippen molar-refractivity contribution in [2.75, 3.05) is 33.3 Å². The van der Waals surface area contributed by atoms with Gasteiger partial charge in [0.2, 0.25) is 0 Å². The first-order valence-electron chi connectivity index (χ1n) is 9.64. The fourth-order valence-electron chi connectivity index (χ4n) is 3.42. The van der Waals surface area contributed by atoms with Gasteiger partial charge in [0.1, 0.15) is 5.75 Å². The van der Waals surface area contributed by atoms with Crippen LogP contribution >= 0.6 is 0 Å². The number of hydrogen-bond donors (Lipinski definition) is 0. The van der Waals surface area contributed by atoms with Gasteiger partial charge in [0.25, 0.3) is 5.91 Å². The van der Waals surface area contributed by atoms with E-state index in [9.17, 15) is 4.79 Å². The lowest BCUT2D eigenvalue weighted by Crippen LogP contribution is -2.48. The van der Waals surface area contributed by atoms with Crippen molar-refractivity contribution in [3.05, 3.63) is 65.5 Å². The monoisotopic (exact) mass is 392 g/mol. The molecule has 1 amide bonds. The van der Waals surface area contributed by atoms with E-state index >= 15 is 0 Å². The van der Waals surface area contributed by atoms with Gasteiger partial charge >= 0.3 is 0 Å². The molecule has 0 N–H and O–H groups in total. The lowest BCUT2D eigenvalue weighted by molar-refractivity contribution is 0.0624. The molecule has 0 bridgehead atoms. The van der Waals surface area contributed by atoms with Gasteiger partial charge in [0.05, 0.1) is 19.3 Å². The summed E-state index contributed by atoms with van der Waals surface area (Å²) < 4.78 is 6.93. The number of piperazine rings is 1. The van der Waals surface area contributed by atoms with Crippen LogP contribution in [0, 0.1) is 6.92 Å². The van der Waals surface area contributed by atoms with Gasteiger partial charge in [-0.25, -0.2) is 0 Å². The maximum absolute atomic E-state index is 12.7. The van der Waals surface area contributed by atoms with Crippen molar-refractivity contribution in [3.8, 4) is 11.4 Å². The average molecular weight is 392 g/mol. The number of carbonyl (C=O) groups is 1. The molecular weight excluding hydrogens is 368 g/mol. The quantitative estimate of drug-likeness (QED) is 0.661. The Balaban J connectivity index is 1.36. The molecule has 1 saturated heterocycles. The molecule has 2 heterocycles. The summed E-state index contributed by atoms with van der Waals surface area (Å²) in [4.78, 5) is 16.9. The summed E-state index contributed by atoms with van der Waals surface area (Å²) in [6, 6.07) is 15.4. The van der Waals surface area contributed by atoms with E-state index in [1.807, 2.05) is 53.4 Å². The lowest BCUT2D eigenvalue weighted by Gasteiger charge is -2.34. The Kier molecular flexibility index (Phi) is 5.53. The molecule has 4 rings (SSSR count). The molecule has 1 fully saturated rings. The number of methoxy groups -OCH3 is 1. The van der Waals surface area contributed by atoms with Crippen LogP contribution in [0.25, 0.3) is 5.69 Å². The first kappa shape index (κ1) is 19.1. The molecule has 0 unspecified atom stereocenters. The van der Waals surface area contributed by atoms with E-state index in [0.29, 0.717) is 25.2 Å². The predicted octanol–water partition coefficient (Wildman–Crippen LogP) is 1.94. The van der Waals surface area contributed by atoms with E-state index in [-0.39, 0.29) is 5.91 Å². The molecule has 3 aromatic rings. The van der Waals surface area contributed by atoms with Gasteiger partial charge < -0.3 is 9.64 Å². The molecule has 0 atom stereocenters. The van der Waals surface area contributed by atoms with Gasteiger partial charge in [0.15, 0.2) is 5.82 Å². The number of aryl methyl sites for hydroxylation is 1. The maximum Gasteiger partial charge on any atom is 0.253 e. The maximum atomic E-state index is 12.7. The zero-order chi connectivity index (χ0) is 20.2. The molecular formula is C21H24N6O2. The minimum atomic E-state index is 0.0526. The highest BCUT2D eigenvalue weighted by molar-refractivity contribution is 5.94. The molecule has 0 spiro atoms. The Bertz CT molecular complexity index is 960. The summed E-state index contributed by atoms with van der Waals surface area (Å²) in [5.74, 6) is 1.60. The number of hydrogen-bond acceptors (Lipinski definition) is 6. The highest BCUT2D eigenvalue weighted by Gasteiger charge is 2.23. The van der Waals surface area contributed by atoms with Crippen LogP contribution < -0.4 is 4.74 Å². The number of tetrazole rings is 1. The summed E-state index contributed by atoms with van der Waals surface area (Å²) in [5.41, 5.74) is 2.83. The Morgan fingerprint density at radius 1 is 1.00 bits per heavy atom. The largest absolute Gasteiger partial charge is 0.497 e. The second-order valence-corrected chi connectivity index (χ2v) is 7.14. The summed E-state index contributed by atoms with van der Waals surface area (Å²) in [6.07, 6.45) is 0. The van der Waals surface area contributed by atoms with E-state index in [1.165, 1.54) is 5.56 Å². The number of ether oxygens (including phenoxy) is 1. The van der Waals surface area contributed by atoms with Crippen LogP contribution in [0.1, 0.15) is 21.7 Å². The van der Waals surface area contributed by atoms with Crippen molar-refractivity contribution in [2.24, 2.45) is 0 Å². The van der Waals surface area contributed by atoms with Crippen molar-refractivity contribution >= 4 is 5.91 Å². The third kappa shape index (κ3) is 4.27. The van der Waals surface area contributed by atoms with Crippen LogP contribution in [0.5, 0.6) is 5.75 Å². The molecule has 0 radical (unpaired) electrons. The van der Waals surface area contributed by atoms with Crippen LogP contribution in [-0.4, -0.2) is 69.2 Å². The highest BCUT2D eigenvalue weighted by atomic mass is 16.5. The van der Waals surface area contributed by atoms with E-state index in [1.54, 1.807) is 11.8 Å². The van der Waals surface area contributed by atoms with Gasteiger partial charge in [-0.1, -0.05) is 17.7 Å². The number of aromatic nitrogens is 4. The Hall–Kier alpha value is -3.26. The molecule has 150 valence electrons. The van der Waals surface area contributed by atoms with Crippen molar-refractivity contribution in [1.29, 1.82) is 0 Å². The molecule has 0 aliphatic carbocycles. The Morgan fingerprint density at radius 2 is 1.69 bits per heavy atom. The molecule has 1 aliphatic heterocycles. The van der Waals surface area contributed by atoms with Gasteiger partial charge in [-0.2, -0.15) is 4.68 Å². The fourth-order valence-corrected chi connectivity index (χ4v) is 3.42. The fraction of sp³-hybridized carbons (Fsp3) is 0.333. The van der Waals surface area contributed by atoms with Crippen molar-refractivity contribution in [1.82, 2.24) is 30.0 Å². The lowest BCUT2D eigenvalue weighted by atomic mass is 10.1. The number of nitrogens with zero attached hydrogens (tertiary/aromatic N) is 6. The summed E-state index contributed by atoms with van der Waals surface area (Å²) in [5, 5.41) is 12.2. The summed E-state index contributed by atoms with van der Waals surface area (Å²) >= 11 is 0. The van der Waals surface area contributed by atoms with Crippen LogP contribution in [-0.2, 0) is 6.54 Å². The van der Waals surface area contributed by atoms with Gasteiger partial charge in [-0.3, -0.25) is 9.69 Å². The zero-order valence-electron chi connectivity index (χ0n) is 16.7. The number of benzene rings is 2. The second-order valence-electron chi connectivity index (χ2n) is 7.14.